The van der Waals surface area contributed by atoms with E-state index in [4.69, 9.17) is 9.72 Å². The Kier molecular flexibility index (Phi) is 5.86. The van der Waals surface area contributed by atoms with Crippen LogP contribution in [0.1, 0.15) is 40.4 Å². The summed E-state index contributed by atoms with van der Waals surface area (Å²) in [6, 6.07) is 20.7. The molecular formula is C29H31N3O2. The quantitative estimate of drug-likeness (QED) is 0.367. The molecule has 1 aliphatic rings. The van der Waals surface area contributed by atoms with E-state index >= 15 is 0 Å². The number of carbonyl (C=O) groups excluding carboxylic acids is 1. The summed E-state index contributed by atoms with van der Waals surface area (Å²) < 4.78 is 8.41. The molecule has 0 saturated carbocycles. The second-order valence-corrected chi connectivity index (χ2v) is 9.42. The number of nitrogens with zero attached hydrogens (tertiary/aromatic N) is 3. The highest BCUT2D eigenvalue weighted by Crippen LogP contribution is 2.34. The zero-order valence-electron chi connectivity index (χ0n) is 20.3. The van der Waals surface area contributed by atoms with Crippen LogP contribution in [0.2, 0.25) is 0 Å². The van der Waals surface area contributed by atoms with Gasteiger partial charge >= 0.3 is 0 Å². The Bertz CT molecular complexity index is 1370. The third-order valence-electron chi connectivity index (χ3n) is 6.73. The van der Waals surface area contributed by atoms with Gasteiger partial charge in [-0.2, -0.15) is 0 Å². The van der Waals surface area contributed by atoms with Crippen LogP contribution in [-0.4, -0.2) is 28.6 Å². The Balaban J connectivity index is 1.42. The van der Waals surface area contributed by atoms with E-state index in [9.17, 15) is 4.79 Å². The lowest BCUT2D eigenvalue weighted by molar-refractivity contribution is -0.117. The number of para-hydroxylation sites is 2. The summed E-state index contributed by atoms with van der Waals surface area (Å²) in [7, 11) is 0. The number of fused-ring (bicyclic) bond motifs is 1. The summed E-state index contributed by atoms with van der Waals surface area (Å²) in [5.74, 6) is 2.08. The van der Waals surface area contributed by atoms with Crippen LogP contribution in [0.3, 0.4) is 0 Å². The molecule has 1 aromatic heterocycles. The highest BCUT2D eigenvalue weighted by atomic mass is 16.5. The number of ether oxygens (including phenoxy) is 1. The summed E-state index contributed by atoms with van der Waals surface area (Å²) in [4.78, 5) is 20.0. The standard InChI is InChI=1S/C29H31N3O2/c1-19-10-12-25(22(4)15-19)32-18-23(17-28(32)33)29-30-24-7-5-6-8-26(24)31(29)13-14-34-27-16-20(2)9-11-21(27)3/h5-12,15-16,23H,13-14,17-18H2,1-4H3. The normalized spacial score (nSPS) is 15.9. The molecule has 1 atom stereocenters. The van der Waals surface area contributed by atoms with Crippen molar-refractivity contribution in [3.8, 4) is 5.75 Å². The molecule has 5 nitrogen and oxygen atoms in total. The zero-order valence-corrected chi connectivity index (χ0v) is 20.3. The maximum absolute atomic E-state index is 13.1. The largest absolute Gasteiger partial charge is 0.491 e. The van der Waals surface area contributed by atoms with Crippen molar-refractivity contribution in [2.24, 2.45) is 0 Å². The highest BCUT2D eigenvalue weighted by molar-refractivity contribution is 5.97. The number of rotatable bonds is 6. The molecule has 2 heterocycles. The molecule has 1 fully saturated rings. The van der Waals surface area contributed by atoms with Crippen molar-refractivity contribution in [1.82, 2.24) is 9.55 Å². The molecule has 0 radical (unpaired) electrons. The lowest BCUT2D eigenvalue weighted by Gasteiger charge is -2.20. The van der Waals surface area contributed by atoms with Gasteiger partial charge in [-0.3, -0.25) is 4.79 Å². The fourth-order valence-corrected chi connectivity index (χ4v) is 4.97. The minimum absolute atomic E-state index is 0.0429. The summed E-state index contributed by atoms with van der Waals surface area (Å²) in [5, 5.41) is 0. The van der Waals surface area contributed by atoms with Crippen LogP contribution in [0.4, 0.5) is 5.69 Å². The minimum atomic E-state index is 0.0429. The number of aryl methyl sites for hydroxylation is 4. The fourth-order valence-electron chi connectivity index (χ4n) is 4.97. The third-order valence-corrected chi connectivity index (χ3v) is 6.73. The number of imidazole rings is 1. The van der Waals surface area contributed by atoms with E-state index in [1.807, 2.05) is 23.1 Å². The molecule has 0 bridgehead atoms. The van der Waals surface area contributed by atoms with Crippen LogP contribution in [-0.2, 0) is 11.3 Å². The van der Waals surface area contributed by atoms with E-state index in [-0.39, 0.29) is 11.8 Å². The Labute approximate surface area is 201 Å². The van der Waals surface area contributed by atoms with E-state index in [1.165, 1.54) is 11.1 Å². The smallest absolute Gasteiger partial charge is 0.227 e. The summed E-state index contributed by atoms with van der Waals surface area (Å²) in [6.45, 7) is 10.2. The van der Waals surface area contributed by atoms with Crippen molar-refractivity contribution in [2.75, 3.05) is 18.1 Å². The predicted octanol–water partition coefficient (Wildman–Crippen LogP) is 5.87. The number of carbonyl (C=O) groups is 1. The Morgan fingerprint density at radius 2 is 1.71 bits per heavy atom. The van der Waals surface area contributed by atoms with Crippen LogP contribution < -0.4 is 9.64 Å². The number of hydrogen-bond acceptors (Lipinski definition) is 3. The van der Waals surface area contributed by atoms with Gasteiger partial charge in [0.1, 0.15) is 18.2 Å². The first-order valence-electron chi connectivity index (χ1n) is 11.9. The van der Waals surface area contributed by atoms with Gasteiger partial charge in [0.25, 0.3) is 0 Å². The molecule has 5 heteroatoms. The van der Waals surface area contributed by atoms with Crippen molar-refractivity contribution >= 4 is 22.6 Å². The molecule has 0 spiro atoms. The second kappa shape index (κ2) is 8.98. The number of amides is 1. The van der Waals surface area contributed by atoms with Crippen molar-refractivity contribution in [1.29, 1.82) is 0 Å². The Morgan fingerprint density at radius 3 is 2.53 bits per heavy atom. The zero-order chi connectivity index (χ0) is 23.8. The average molecular weight is 454 g/mol. The first-order valence-corrected chi connectivity index (χ1v) is 11.9. The first-order chi connectivity index (χ1) is 16.4. The molecule has 1 aliphatic heterocycles. The number of hydrogen-bond donors (Lipinski definition) is 0. The average Bonchev–Trinajstić information content (AvgIpc) is 3.37. The van der Waals surface area contributed by atoms with Gasteiger partial charge in [-0.1, -0.05) is 42.0 Å². The summed E-state index contributed by atoms with van der Waals surface area (Å²) in [5.41, 5.74) is 7.69. The van der Waals surface area contributed by atoms with Crippen LogP contribution in [0, 0.1) is 27.7 Å². The number of anilines is 1. The van der Waals surface area contributed by atoms with Crippen molar-refractivity contribution in [3.05, 3.63) is 88.7 Å². The maximum atomic E-state index is 13.1. The molecule has 1 amide bonds. The monoisotopic (exact) mass is 453 g/mol. The molecule has 0 N–H and O–H groups in total. The van der Waals surface area contributed by atoms with Gasteiger partial charge in [-0.25, -0.2) is 4.98 Å². The molecule has 5 rings (SSSR count). The SMILES string of the molecule is Cc1ccc(N2CC(c3nc4ccccc4n3CCOc3cc(C)ccc3C)CC2=O)c(C)c1. The van der Waals surface area contributed by atoms with Crippen molar-refractivity contribution in [3.63, 3.8) is 0 Å². The van der Waals surface area contributed by atoms with Gasteiger partial charge in [-0.05, 0) is 68.7 Å². The molecule has 34 heavy (non-hydrogen) atoms. The van der Waals surface area contributed by atoms with Crippen LogP contribution in [0.15, 0.2) is 60.7 Å². The second-order valence-electron chi connectivity index (χ2n) is 9.42. The van der Waals surface area contributed by atoms with Crippen LogP contribution in [0.5, 0.6) is 5.75 Å². The van der Waals surface area contributed by atoms with E-state index < -0.39 is 0 Å². The van der Waals surface area contributed by atoms with Gasteiger partial charge in [0, 0.05) is 24.6 Å². The molecule has 3 aromatic carbocycles. The summed E-state index contributed by atoms with van der Waals surface area (Å²) >= 11 is 0. The summed E-state index contributed by atoms with van der Waals surface area (Å²) in [6.07, 6.45) is 0.467. The first kappa shape index (κ1) is 22.2. The topological polar surface area (TPSA) is 47.4 Å². The van der Waals surface area contributed by atoms with E-state index in [1.54, 1.807) is 0 Å². The lowest BCUT2D eigenvalue weighted by Crippen LogP contribution is -2.25. The maximum Gasteiger partial charge on any atom is 0.227 e. The molecule has 1 unspecified atom stereocenters. The van der Waals surface area contributed by atoms with Crippen LogP contribution >= 0.6 is 0 Å². The molecule has 0 aliphatic carbocycles. The van der Waals surface area contributed by atoms with Gasteiger partial charge in [0.05, 0.1) is 17.6 Å². The van der Waals surface area contributed by atoms with Gasteiger partial charge in [-0.15, -0.1) is 0 Å². The van der Waals surface area contributed by atoms with E-state index in [0.717, 1.165) is 39.4 Å². The van der Waals surface area contributed by atoms with Gasteiger partial charge in [0.2, 0.25) is 5.91 Å². The number of aromatic nitrogens is 2. The highest BCUT2D eigenvalue weighted by Gasteiger charge is 2.35. The van der Waals surface area contributed by atoms with E-state index in [0.29, 0.717) is 26.1 Å². The Hall–Kier alpha value is -3.60. The van der Waals surface area contributed by atoms with Gasteiger partial charge in [0.15, 0.2) is 0 Å². The predicted molar refractivity (Wildman–Crippen MR) is 137 cm³/mol. The van der Waals surface area contributed by atoms with Crippen LogP contribution in [0.25, 0.3) is 11.0 Å². The number of benzene rings is 3. The molecule has 4 aromatic rings. The third kappa shape index (κ3) is 4.18. The fraction of sp³-hybridized carbons (Fsp3) is 0.310. The molecular weight excluding hydrogens is 422 g/mol. The minimum Gasteiger partial charge on any atom is -0.491 e. The molecule has 174 valence electrons. The Morgan fingerprint density at radius 1 is 0.941 bits per heavy atom. The molecule has 1 saturated heterocycles. The van der Waals surface area contributed by atoms with E-state index in [2.05, 4.69) is 74.7 Å². The van der Waals surface area contributed by atoms with Crippen molar-refractivity contribution < 1.29 is 9.53 Å². The van der Waals surface area contributed by atoms with Crippen molar-refractivity contribution in [2.45, 2.75) is 46.6 Å². The van der Waals surface area contributed by atoms with Gasteiger partial charge < -0.3 is 14.2 Å². The lowest BCUT2D eigenvalue weighted by atomic mass is 10.1.